The Balaban J connectivity index is 1.94. The van der Waals surface area contributed by atoms with Crippen molar-refractivity contribution < 1.29 is 0 Å². The van der Waals surface area contributed by atoms with Gasteiger partial charge in [-0.25, -0.2) is 0 Å². The van der Waals surface area contributed by atoms with Crippen molar-refractivity contribution in [2.45, 2.75) is 13.0 Å². The molecular weight excluding hydrogens is 202 g/mol. The van der Waals surface area contributed by atoms with Gasteiger partial charge in [-0.3, -0.25) is 4.90 Å². The molecule has 0 atom stereocenters. The van der Waals surface area contributed by atoms with Gasteiger partial charge in [0.2, 0.25) is 0 Å². The van der Waals surface area contributed by atoms with Crippen molar-refractivity contribution in [3.8, 4) is 0 Å². The van der Waals surface area contributed by atoms with Crippen molar-refractivity contribution in [1.82, 2.24) is 4.90 Å². The van der Waals surface area contributed by atoms with E-state index in [-0.39, 0.29) is 0 Å². The second-order valence-electron chi connectivity index (χ2n) is 4.01. The fourth-order valence-corrected chi connectivity index (χ4v) is 2.20. The maximum Gasteiger partial charge on any atom is 0.0237 e. The van der Waals surface area contributed by atoms with E-state index in [1.165, 1.54) is 24.1 Å². The molecule has 80 valence electrons. The van der Waals surface area contributed by atoms with E-state index in [0.717, 1.165) is 18.8 Å². The van der Waals surface area contributed by atoms with Gasteiger partial charge in [-0.1, -0.05) is 42.0 Å². The van der Waals surface area contributed by atoms with Crippen molar-refractivity contribution >= 4 is 12.6 Å². The highest BCUT2D eigenvalue weighted by molar-refractivity contribution is 7.80. The first kappa shape index (κ1) is 10.8. The van der Waals surface area contributed by atoms with Crippen LogP contribution in [0.3, 0.4) is 0 Å². The molecule has 1 nitrogen and oxygen atoms in total. The molecular formula is C13H17NS. The van der Waals surface area contributed by atoms with Crippen molar-refractivity contribution in [3.05, 3.63) is 47.5 Å². The van der Waals surface area contributed by atoms with Crippen LogP contribution in [0.25, 0.3) is 0 Å². The average Bonchev–Trinajstić information content (AvgIpc) is 2.31. The van der Waals surface area contributed by atoms with Crippen LogP contribution in [0.4, 0.5) is 0 Å². The number of thiol groups is 1. The molecule has 1 aliphatic heterocycles. The van der Waals surface area contributed by atoms with Crippen LogP contribution in [-0.4, -0.2) is 23.7 Å². The second kappa shape index (κ2) is 5.38. The minimum absolute atomic E-state index is 0.894. The summed E-state index contributed by atoms with van der Waals surface area (Å²) in [4.78, 5) is 2.49. The molecule has 0 radical (unpaired) electrons. The van der Waals surface area contributed by atoms with E-state index in [1.54, 1.807) is 0 Å². The molecule has 0 fully saturated rings. The monoisotopic (exact) mass is 219 g/mol. The van der Waals surface area contributed by atoms with Crippen molar-refractivity contribution in [2.24, 2.45) is 0 Å². The molecule has 1 aliphatic rings. The van der Waals surface area contributed by atoms with Crippen LogP contribution in [-0.2, 0) is 6.54 Å². The quantitative estimate of drug-likeness (QED) is 0.604. The van der Waals surface area contributed by atoms with Gasteiger partial charge < -0.3 is 0 Å². The van der Waals surface area contributed by atoms with Gasteiger partial charge >= 0.3 is 0 Å². The summed E-state index contributed by atoms with van der Waals surface area (Å²) in [5.74, 6) is 0.894. The number of rotatable bonds is 3. The van der Waals surface area contributed by atoms with E-state index in [4.69, 9.17) is 0 Å². The molecule has 0 saturated heterocycles. The Bertz CT molecular complexity index is 332. The Hall–Kier alpha value is -0.730. The van der Waals surface area contributed by atoms with Crippen LogP contribution in [0.5, 0.6) is 0 Å². The normalized spacial score (nSPS) is 17.5. The standard InChI is InChI=1S/C13H17NS/c15-11-13-7-4-8-14(10-13)9-12-5-2-1-3-6-12/h1-3,5-7,15H,4,8-11H2. The fraction of sp³-hybridized carbons (Fsp3) is 0.385. The van der Waals surface area contributed by atoms with Crippen molar-refractivity contribution in [3.63, 3.8) is 0 Å². The molecule has 1 aromatic rings. The number of nitrogens with zero attached hydrogens (tertiary/aromatic N) is 1. The topological polar surface area (TPSA) is 3.24 Å². The first-order valence-corrected chi connectivity index (χ1v) is 6.07. The summed E-state index contributed by atoms with van der Waals surface area (Å²) in [5.41, 5.74) is 2.86. The van der Waals surface area contributed by atoms with Crippen molar-refractivity contribution in [2.75, 3.05) is 18.8 Å². The van der Waals surface area contributed by atoms with E-state index in [0.29, 0.717) is 0 Å². The molecule has 15 heavy (non-hydrogen) atoms. The highest BCUT2D eigenvalue weighted by Gasteiger charge is 2.11. The molecule has 2 heteroatoms. The fourth-order valence-electron chi connectivity index (χ4n) is 1.97. The SMILES string of the molecule is SCC1=CCCN(Cc2ccccc2)C1. The molecule has 1 aromatic carbocycles. The van der Waals surface area contributed by atoms with E-state index in [2.05, 4.69) is 53.9 Å². The second-order valence-corrected chi connectivity index (χ2v) is 4.32. The summed E-state index contributed by atoms with van der Waals surface area (Å²) in [6.45, 7) is 3.32. The largest absolute Gasteiger partial charge is 0.295 e. The molecule has 0 unspecified atom stereocenters. The van der Waals surface area contributed by atoms with E-state index in [1.807, 2.05) is 0 Å². The highest BCUT2D eigenvalue weighted by atomic mass is 32.1. The lowest BCUT2D eigenvalue weighted by Gasteiger charge is -2.26. The van der Waals surface area contributed by atoms with Gasteiger partial charge in [-0.2, -0.15) is 12.6 Å². The van der Waals surface area contributed by atoms with Crippen molar-refractivity contribution in [1.29, 1.82) is 0 Å². The van der Waals surface area contributed by atoms with Gasteiger partial charge in [0.15, 0.2) is 0 Å². The van der Waals surface area contributed by atoms with Gasteiger partial charge in [0, 0.05) is 25.4 Å². The Labute approximate surface area is 97.2 Å². The van der Waals surface area contributed by atoms with Gasteiger partial charge in [-0.15, -0.1) is 0 Å². The third-order valence-electron chi connectivity index (χ3n) is 2.76. The Kier molecular flexibility index (Phi) is 3.87. The van der Waals surface area contributed by atoms with Gasteiger partial charge in [0.05, 0.1) is 0 Å². The first-order chi connectivity index (χ1) is 7.38. The summed E-state index contributed by atoms with van der Waals surface area (Å²) < 4.78 is 0. The lowest BCUT2D eigenvalue weighted by Crippen LogP contribution is -2.29. The van der Waals surface area contributed by atoms with Crippen LogP contribution in [0, 0.1) is 0 Å². The van der Waals surface area contributed by atoms with Gasteiger partial charge in [0.1, 0.15) is 0 Å². The van der Waals surface area contributed by atoms with Gasteiger partial charge in [-0.05, 0) is 12.0 Å². The predicted octanol–water partition coefficient (Wildman–Crippen LogP) is 2.75. The Morgan fingerprint density at radius 1 is 1.20 bits per heavy atom. The van der Waals surface area contributed by atoms with Crippen LogP contribution in [0.15, 0.2) is 42.0 Å². The molecule has 0 spiro atoms. The Morgan fingerprint density at radius 3 is 2.73 bits per heavy atom. The van der Waals surface area contributed by atoms with Crippen LogP contribution < -0.4 is 0 Å². The molecule has 0 N–H and O–H groups in total. The molecule has 0 aromatic heterocycles. The van der Waals surface area contributed by atoms with E-state index < -0.39 is 0 Å². The summed E-state index contributed by atoms with van der Waals surface area (Å²) >= 11 is 4.34. The molecule has 0 amide bonds. The highest BCUT2D eigenvalue weighted by Crippen LogP contribution is 2.13. The molecule has 0 saturated carbocycles. The lowest BCUT2D eigenvalue weighted by atomic mass is 10.1. The van der Waals surface area contributed by atoms with Gasteiger partial charge in [0.25, 0.3) is 0 Å². The van der Waals surface area contributed by atoms with E-state index in [9.17, 15) is 0 Å². The lowest BCUT2D eigenvalue weighted by molar-refractivity contribution is 0.283. The maximum absolute atomic E-state index is 4.34. The van der Waals surface area contributed by atoms with E-state index >= 15 is 0 Å². The first-order valence-electron chi connectivity index (χ1n) is 5.43. The summed E-state index contributed by atoms with van der Waals surface area (Å²) in [6.07, 6.45) is 3.50. The number of hydrogen-bond acceptors (Lipinski definition) is 2. The third-order valence-corrected chi connectivity index (χ3v) is 3.16. The summed E-state index contributed by atoms with van der Waals surface area (Å²) in [6, 6.07) is 10.7. The number of benzene rings is 1. The molecule has 2 rings (SSSR count). The molecule has 1 heterocycles. The zero-order valence-electron chi connectivity index (χ0n) is 8.89. The number of hydrogen-bond donors (Lipinski definition) is 1. The van der Waals surface area contributed by atoms with Crippen LogP contribution in [0.2, 0.25) is 0 Å². The predicted molar refractivity (Wildman–Crippen MR) is 68.3 cm³/mol. The summed E-state index contributed by atoms with van der Waals surface area (Å²) in [7, 11) is 0. The Morgan fingerprint density at radius 2 is 2.00 bits per heavy atom. The molecule has 0 bridgehead atoms. The maximum atomic E-state index is 4.34. The van der Waals surface area contributed by atoms with Crippen LogP contribution >= 0.6 is 12.6 Å². The summed E-state index contributed by atoms with van der Waals surface area (Å²) in [5, 5.41) is 0. The average molecular weight is 219 g/mol. The zero-order valence-corrected chi connectivity index (χ0v) is 9.79. The minimum Gasteiger partial charge on any atom is -0.295 e. The van der Waals surface area contributed by atoms with Crippen LogP contribution in [0.1, 0.15) is 12.0 Å². The smallest absolute Gasteiger partial charge is 0.0237 e. The molecule has 0 aliphatic carbocycles. The zero-order chi connectivity index (χ0) is 10.5. The minimum atomic E-state index is 0.894. The third kappa shape index (κ3) is 3.11.